The lowest BCUT2D eigenvalue weighted by Gasteiger charge is -2.22. The lowest BCUT2D eigenvalue weighted by atomic mass is 9.97. The van der Waals surface area contributed by atoms with Crippen LogP contribution >= 0.6 is 11.6 Å². The van der Waals surface area contributed by atoms with E-state index in [9.17, 15) is 0 Å². The van der Waals surface area contributed by atoms with Gasteiger partial charge in [-0.15, -0.1) is 0 Å². The Kier molecular flexibility index (Phi) is 6.50. The quantitative estimate of drug-likeness (QED) is 0.754. The summed E-state index contributed by atoms with van der Waals surface area (Å²) < 4.78 is 0. The first-order valence-electron chi connectivity index (χ1n) is 7.21. The minimum Gasteiger partial charge on any atom is -0.382 e. The van der Waals surface area contributed by atoms with Gasteiger partial charge in [0, 0.05) is 25.8 Å². The van der Waals surface area contributed by atoms with Gasteiger partial charge in [-0.25, -0.2) is 0 Å². The van der Waals surface area contributed by atoms with E-state index in [1.807, 2.05) is 25.1 Å². The first kappa shape index (κ1) is 16.2. The maximum atomic E-state index is 6.30. The van der Waals surface area contributed by atoms with Gasteiger partial charge in [-0.3, -0.25) is 0 Å². The second-order valence-electron chi connectivity index (χ2n) is 5.56. The predicted octanol–water partition coefficient (Wildman–Crippen LogP) is 5.03. The van der Waals surface area contributed by atoms with Crippen molar-refractivity contribution < 1.29 is 0 Å². The number of halogens is 1. The van der Waals surface area contributed by atoms with Crippen molar-refractivity contribution in [2.45, 2.75) is 46.1 Å². The zero-order valence-electron chi connectivity index (χ0n) is 12.8. The fourth-order valence-corrected chi connectivity index (χ4v) is 2.52. The van der Waals surface area contributed by atoms with Crippen molar-refractivity contribution in [3.8, 4) is 0 Å². The van der Waals surface area contributed by atoms with Gasteiger partial charge in [0.05, 0.1) is 10.7 Å². The number of benzene rings is 1. The lowest BCUT2D eigenvalue weighted by Crippen LogP contribution is -2.21. The maximum Gasteiger partial charge on any atom is 0.0659 e. The van der Waals surface area contributed by atoms with Crippen LogP contribution in [0.25, 0.3) is 0 Å². The number of rotatable bonds is 7. The molecular weight excluding hydrogens is 256 g/mol. The Balaban J connectivity index is 2.72. The second kappa shape index (κ2) is 7.64. The van der Waals surface area contributed by atoms with Crippen LogP contribution in [0.5, 0.6) is 0 Å². The molecule has 2 unspecified atom stereocenters. The molecule has 0 bridgehead atoms. The summed E-state index contributed by atoms with van der Waals surface area (Å²) in [4.78, 5) is 2.03. The highest BCUT2D eigenvalue weighted by Gasteiger charge is 2.11. The van der Waals surface area contributed by atoms with Crippen molar-refractivity contribution >= 4 is 23.0 Å². The summed E-state index contributed by atoms with van der Waals surface area (Å²) in [5, 5.41) is 4.40. The second-order valence-corrected chi connectivity index (χ2v) is 5.97. The first-order chi connectivity index (χ1) is 8.97. The summed E-state index contributed by atoms with van der Waals surface area (Å²) in [5.74, 6) is 0.758. The van der Waals surface area contributed by atoms with Gasteiger partial charge in [0.2, 0.25) is 0 Å². The van der Waals surface area contributed by atoms with Gasteiger partial charge in [0.15, 0.2) is 0 Å². The first-order valence-corrected chi connectivity index (χ1v) is 7.59. The van der Waals surface area contributed by atoms with Crippen LogP contribution in [0.3, 0.4) is 0 Å². The molecule has 3 heteroatoms. The van der Waals surface area contributed by atoms with E-state index in [1.165, 1.54) is 12.8 Å². The van der Waals surface area contributed by atoms with Crippen molar-refractivity contribution in [2.24, 2.45) is 5.92 Å². The van der Waals surface area contributed by atoms with Crippen molar-refractivity contribution in [2.75, 3.05) is 24.3 Å². The highest BCUT2D eigenvalue weighted by Crippen LogP contribution is 2.28. The zero-order valence-corrected chi connectivity index (χ0v) is 13.6. The molecule has 0 saturated carbocycles. The van der Waals surface area contributed by atoms with E-state index in [-0.39, 0.29) is 0 Å². The van der Waals surface area contributed by atoms with Crippen LogP contribution in [-0.2, 0) is 0 Å². The summed E-state index contributed by atoms with van der Waals surface area (Å²) in [7, 11) is 4.01. The van der Waals surface area contributed by atoms with E-state index in [0.29, 0.717) is 6.04 Å². The average Bonchev–Trinajstić information content (AvgIpc) is 2.37. The van der Waals surface area contributed by atoms with Gasteiger partial charge in [-0.05, 0) is 37.0 Å². The summed E-state index contributed by atoms with van der Waals surface area (Å²) >= 11 is 6.30. The number of nitrogens with zero attached hydrogens (tertiary/aromatic N) is 1. The number of anilines is 2. The van der Waals surface area contributed by atoms with Crippen LogP contribution in [0.15, 0.2) is 18.2 Å². The van der Waals surface area contributed by atoms with Crippen molar-refractivity contribution in [1.29, 1.82) is 0 Å². The van der Waals surface area contributed by atoms with Gasteiger partial charge in [0.25, 0.3) is 0 Å². The average molecular weight is 283 g/mol. The van der Waals surface area contributed by atoms with Gasteiger partial charge in [0.1, 0.15) is 0 Å². The smallest absolute Gasteiger partial charge is 0.0659 e. The monoisotopic (exact) mass is 282 g/mol. The van der Waals surface area contributed by atoms with E-state index in [2.05, 4.69) is 38.2 Å². The third kappa shape index (κ3) is 4.94. The largest absolute Gasteiger partial charge is 0.382 e. The highest BCUT2D eigenvalue weighted by molar-refractivity contribution is 6.33. The maximum absolute atomic E-state index is 6.30. The summed E-state index contributed by atoms with van der Waals surface area (Å²) in [5.41, 5.74) is 2.17. The summed E-state index contributed by atoms with van der Waals surface area (Å²) in [6, 6.07) is 6.73. The molecule has 0 amide bonds. The Morgan fingerprint density at radius 3 is 2.37 bits per heavy atom. The highest BCUT2D eigenvalue weighted by atomic mass is 35.5. The molecule has 0 fully saturated rings. The molecule has 0 aliphatic heterocycles. The number of hydrogen-bond donors (Lipinski definition) is 1. The molecule has 108 valence electrons. The van der Waals surface area contributed by atoms with Gasteiger partial charge in [-0.1, -0.05) is 38.8 Å². The molecule has 1 rings (SSSR count). The molecule has 2 nitrogen and oxygen atoms in total. The molecule has 0 aromatic heterocycles. The molecule has 0 radical (unpaired) electrons. The minimum atomic E-state index is 0.524. The lowest BCUT2D eigenvalue weighted by molar-refractivity contribution is 0.462. The van der Waals surface area contributed by atoms with Crippen molar-refractivity contribution in [3.05, 3.63) is 23.2 Å². The molecule has 0 spiro atoms. The molecule has 1 aromatic rings. The molecule has 0 aliphatic carbocycles. The fourth-order valence-electron chi connectivity index (χ4n) is 2.18. The Labute approximate surface area is 123 Å². The van der Waals surface area contributed by atoms with Crippen LogP contribution in [-0.4, -0.2) is 20.1 Å². The molecule has 1 N–H and O–H groups in total. The Morgan fingerprint density at radius 1 is 1.21 bits per heavy atom. The topological polar surface area (TPSA) is 15.3 Å². The van der Waals surface area contributed by atoms with Crippen LogP contribution in [0.1, 0.15) is 40.0 Å². The van der Waals surface area contributed by atoms with Crippen LogP contribution in [0, 0.1) is 5.92 Å². The fraction of sp³-hybridized carbons (Fsp3) is 0.625. The third-order valence-corrected chi connectivity index (χ3v) is 3.98. The van der Waals surface area contributed by atoms with Crippen molar-refractivity contribution in [3.63, 3.8) is 0 Å². The van der Waals surface area contributed by atoms with Gasteiger partial charge >= 0.3 is 0 Å². The van der Waals surface area contributed by atoms with E-state index >= 15 is 0 Å². The van der Waals surface area contributed by atoms with Gasteiger partial charge in [-0.2, -0.15) is 0 Å². The molecule has 1 aromatic carbocycles. The van der Waals surface area contributed by atoms with E-state index in [0.717, 1.165) is 28.7 Å². The normalized spacial score (nSPS) is 14.0. The standard InChI is InChI=1S/C16H27ClN2/c1-6-12(3)10-13(7-2)18-14-8-9-16(19(4)5)15(17)11-14/h8-9,11-13,18H,6-7,10H2,1-5H3. The third-order valence-electron chi connectivity index (χ3n) is 3.68. The Bertz CT molecular complexity index is 390. The molecule has 2 atom stereocenters. The predicted molar refractivity (Wildman–Crippen MR) is 87.6 cm³/mol. The van der Waals surface area contributed by atoms with Crippen molar-refractivity contribution in [1.82, 2.24) is 0 Å². The SMILES string of the molecule is CCC(C)CC(CC)Nc1ccc(N(C)C)c(Cl)c1. The van der Waals surface area contributed by atoms with Gasteiger partial charge < -0.3 is 10.2 Å². The summed E-state index contributed by atoms with van der Waals surface area (Å²) in [6.45, 7) is 6.79. The zero-order chi connectivity index (χ0) is 14.4. The summed E-state index contributed by atoms with van der Waals surface area (Å²) in [6.07, 6.45) is 3.58. The number of hydrogen-bond acceptors (Lipinski definition) is 2. The molecule has 0 heterocycles. The molecular formula is C16H27ClN2. The minimum absolute atomic E-state index is 0.524. The van der Waals surface area contributed by atoms with Crippen LogP contribution < -0.4 is 10.2 Å². The van der Waals surface area contributed by atoms with E-state index in [1.54, 1.807) is 0 Å². The Morgan fingerprint density at radius 2 is 1.89 bits per heavy atom. The number of nitrogens with one attached hydrogen (secondary N) is 1. The molecule has 0 saturated heterocycles. The molecule has 0 aliphatic rings. The Hall–Kier alpha value is -0.890. The van der Waals surface area contributed by atoms with Crippen LogP contribution in [0.4, 0.5) is 11.4 Å². The van der Waals surface area contributed by atoms with E-state index < -0.39 is 0 Å². The van der Waals surface area contributed by atoms with E-state index in [4.69, 9.17) is 11.6 Å². The molecule has 19 heavy (non-hydrogen) atoms. The van der Waals surface area contributed by atoms with Crippen LogP contribution in [0.2, 0.25) is 5.02 Å².